The summed E-state index contributed by atoms with van der Waals surface area (Å²) in [6.07, 6.45) is 8.39. The third-order valence-electron chi connectivity index (χ3n) is 5.58. The van der Waals surface area contributed by atoms with Crippen LogP contribution in [0.4, 0.5) is 0 Å². The lowest BCUT2D eigenvalue weighted by atomic mass is 10.0. The molecule has 1 aliphatic carbocycles. The summed E-state index contributed by atoms with van der Waals surface area (Å²) in [6, 6.07) is 20.1. The molecule has 2 aromatic rings. The third-order valence-corrected chi connectivity index (χ3v) is 6.75. The first-order valence-corrected chi connectivity index (χ1v) is 12.7. The number of hydrogen-bond donors (Lipinski definition) is 0. The molecule has 7 heteroatoms. The lowest BCUT2D eigenvalue weighted by Crippen LogP contribution is -2.24. The minimum absolute atomic E-state index is 0.116. The van der Waals surface area contributed by atoms with Crippen LogP contribution < -0.4 is 0 Å². The van der Waals surface area contributed by atoms with Crippen molar-refractivity contribution < 1.29 is 19.1 Å². The molecule has 0 saturated carbocycles. The van der Waals surface area contributed by atoms with Gasteiger partial charge in [-0.2, -0.15) is 0 Å². The smallest absolute Gasteiger partial charge is 0.344 e. The van der Waals surface area contributed by atoms with Crippen molar-refractivity contribution in [3.63, 3.8) is 0 Å². The molecule has 2 aromatic carbocycles. The monoisotopic (exact) mass is 500 g/mol. The highest BCUT2D eigenvalue weighted by Gasteiger charge is 2.34. The van der Waals surface area contributed by atoms with E-state index in [2.05, 4.69) is 12.0 Å². The van der Waals surface area contributed by atoms with E-state index in [1.165, 1.54) is 0 Å². The summed E-state index contributed by atoms with van der Waals surface area (Å²) in [5.74, 6) is 2.42. The van der Waals surface area contributed by atoms with Gasteiger partial charge in [0.15, 0.2) is 11.8 Å². The van der Waals surface area contributed by atoms with Crippen LogP contribution in [0.15, 0.2) is 107 Å². The molecule has 1 fully saturated rings. The van der Waals surface area contributed by atoms with Crippen molar-refractivity contribution in [1.82, 2.24) is 4.90 Å². The number of aliphatic imine (C=N–C) groups is 1. The standard InChI is InChI=1S/C29H28N2O4S/c1-2-34-28(33)21-35-25-15-13-22(14-16-25)17-27-26(20-32)31(19-24-11-7-4-8-12-24)29(36-27)30-18-23-9-5-3-6-10-23/h3-13,15-17,27H,2,14,18-19,21H2,1H3. The van der Waals surface area contributed by atoms with Crippen molar-refractivity contribution in [3.05, 3.63) is 113 Å². The fourth-order valence-corrected chi connectivity index (χ4v) is 5.00. The molecule has 1 aliphatic heterocycles. The van der Waals surface area contributed by atoms with Gasteiger partial charge in [-0.3, -0.25) is 4.99 Å². The highest BCUT2D eigenvalue weighted by Crippen LogP contribution is 2.37. The van der Waals surface area contributed by atoms with Crippen molar-refractivity contribution in [3.8, 4) is 0 Å². The lowest BCUT2D eigenvalue weighted by Gasteiger charge is -2.18. The summed E-state index contributed by atoms with van der Waals surface area (Å²) >= 11 is 1.56. The number of thioether (sulfide) groups is 1. The van der Waals surface area contributed by atoms with Crippen LogP contribution in [0, 0.1) is 0 Å². The van der Waals surface area contributed by atoms with E-state index in [0.717, 1.165) is 21.9 Å². The first-order chi connectivity index (χ1) is 17.7. The topological polar surface area (TPSA) is 68.2 Å². The highest BCUT2D eigenvalue weighted by molar-refractivity contribution is 8.15. The van der Waals surface area contributed by atoms with Crippen LogP contribution in [0.25, 0.3) is 0 Å². The van der Waals surface area contributed by atoms with Gasteiger partial charge >= 0.3 is 5.97 Å². The van der Waals surface area contributed by atoms with Crippen LogP contribution >= 0.6 is 11.8 Å². The average molecular weight is 501 g/mol. The van der Waals surface area contributed by atoms with Gasteiger partial charge in [0.1, 0.15) is 17.4 Å². The van der Waals surface area contributed by atoms with Crippen molar-refractivity contribution in [2.24, 2.45) is 4.99 Å². The van der Waals surface area contributed by atoms with E-state index < -0.39 is 5.97 Å². The number of allylic oxidation sites excluding steroid dienone is 4. The van der Waals surface area contributed by atoms with Crippen molar-refractivity contribution >= 4 is 28.8 Å². The number of carbonyl (C=O) groups excluding carboxylic acids is 2. The van der Waals surface area contributed by atoms with Gasteiger partial charge in [0.05, 0.1) is 24.9 Å². The molecule has 0 N–H and O–H groups in total. The number of benzene rings is 2. The molecule has 2 aliphatic rings. The molecule has 0 amide bonds. The van der Waals surface area contributed by atoms with Crippen LogP contribution in [-0.2, 0) is 32.2 Å². The van der Waals surface area contributed by atoms with Crippen LogP contribution in [0.5, 0.6) is 0 Å². The minimum atomic E-state index is -0.392. The molecule has 4 rings (SSSR count). The molecule has 6 nitrogen and oxygen atoms in total. The lowest BCUT2D eigenvalue weighted by molar-refractivity contribution is -0.146. The van der Waals surface area contributed by atoms with Crippen LogP contribution in [0.3, 0.4) is 0 Å². The van der Waals surface area contributed by atoms with Gasteiger partial charge in [-0.1, -0.05) is 84.6 Å². The SMILES string of the molecule is CCOC(=O)COC1=CCC(=CC2SC(=NCc3ccccc3)N(Cc3ccccc3)C2=C=O)C=C1. The molecule has 1 saturated heterocycles. The molecule has 36 heavy (non-hydrogen) atoms. The maximum atomic E-state index is 12.1. The number of carbonyl (C=O) groups is 1. The summed E-state index contributed by atoms with van der Waals surface area (Å²) in [5.41, 5.74) is 3.81. The summed E-state index contributed by atoms with van der Waals surface area (Å²) in [7, 11) is 0. The molecule has 1 atom stereocenters. The Morgan fingerprint density at radius 2 is 1.83 bits per heavy atom. The first-order valence-electron chi connectivity index (χ1n) is 11.8. The van der Waals surface area contributed by atoms with Gasteiger partial charge in [0.25, 0.3) is 0 Å². The molecule has 184 valence electrons. The van der Waals surface area contributed by atoms with Gasteiger partial charge in [0, 0.05) is 0 Å². The fraction of sp³-hybridized carbons (Fsp3) is 0.241. The second-order valence-corrected chi connectivity index (χ2v) is 9.27. The summed E-state index contributed by atoms with van der Waals surface area (Å²) in [4.78, 5) is 30.5. The van der Waals surface area contributed by atoms with Crippen LogP contribution in [0.2, 0.25) is 0 Å². The number of rotatable bonds is 9. The van der Waals surface area contributed by atoms with E-state index in [4.69, 9.17) is 14.5 Å². The Labute approximate surface area is 215 Å². The maximum absolute atomic E-state index is 12.1. The predicted octanol–water partition coefficient (Wildman–Crippen LogP) is 5.23. The number of ether oxygens (including phenoxy) is 2. The predicted molar refractivity (Wildman–Crippen MR) is 143 cm³/mol. The Bertz CT molecular complexity index is 1230. The molecule has 0 spiro atoms. The molecule has 0 bridgehead atoms. The third kappa shape index (κ3) is 6.87. The Kier molecular flexibility index (Phi) is 8.98. The van der Waals surface area contributed by atoms with Crippen molar-refractivity contribution in [1.29, 1.82) is 0 Å². The normalized spacial score (nSPS) is 19.4. The molecule has 0 radical (unpaired) electrons. The Morgan fingerprint density at radius 1 is 1.11 bits per heavy atom. The van der Waals surface area contributed by atoms with E-state index in [1.807, 2.05) is 83.8 Å². The van der Waals surface area contributed by atoms with Gasteiger partial charge < -0.3 is 14.4 Å². The minimum Gasteiger partial charge on any atom is -0.482 e. The number of esters is 1. The Morgan fingerprint density at radius 3 is 2.47 bits per heavy atom. The van der Waals surface area contributed by atoms with Gasteiger partial charge in [-0.05, 0) is 42.2 Å². The van der Waals surface area contributed by atoms with Gasteiger partial charge in [0.2, 0.25) is 0 Å². The zero-order valence-corrected chi connectivity index (χ0v) is 20.9. The number of nitrogens with zero attached hydrogens (tertiary/aromatic N) is 2. The first kappa shape index (κ1) is 25.3. The van der Waals surface area contributed by atoms with Gasteiger partial charge in [-0.15, -0.1) is 0 Å². The van der Waals surface area contributed by atoms with Crippen LogP contribution in [-0.4, -0.2) is 40.4 Å². The quantitative estimate of drug-likeness (QED) is 0.347. The second kappa shape index (κ2) is 12.8. The van der Waals surface area contributed by atoms with E-state index in [-0.39, 0.29) is 11.9 Å². The summed E-state index contributed by atoms with van der Waals surface area (Å²) in [5, 5.41) is 0.604. The van der Waals surface area contributed by atoms with Crippen molar-refractivity contribution in [2.75, 3.05) is 13.2 Å². The largest absolute Gasteiger partial charge is 0.482 e. The molecule has 1 unspecified atom stereocenters. The number of hydrogen-bond acceptors (Lipinski definition) is 6. The zero-order valence-electron chi connectivity index (χ0n) is 20.1. The molecule has 1 heterocycles. The van der Waals surface area contributed by atoms with E-state index in [1.54, 1.807) is 18.7 Å². The maximum Gasteiger partial charge on any atom is 0.344 e. The molecular weight excluding hydrogens is 472 g/mol. The van der Waals surface area contributed by atoms with E-state index >= 15 is 0 Å². The number of amidine groups is 1. The van der Waals surface area contributed by atoms with Gasteiger partial charge in [-0.25, -0.2) is 9.59 Å². The molecule has 0 aromatic heterocycles. The fourth-order valence-electron chi connectivity index (χ4n) is 3.81. The highest BCUT2D eigenvalue weighted by atomic mass is 32.2. The van der Waals surface area contributed by atoms with E-state index in [9.17, 15) is 9.59 Å². The second-order valence-electron chi connectivity index (χ2n) is 8.16. The Balaban J connectivity index is 1.50. The summed E-state index contributed by atoms with van der Waals surface area (Å²) < 4.78 is 10.4. The zero-order chi connectivity index (χ0) is 25.2. The summed E-state index contributed by atoms with van der Waals surface area (Å²) in [6.45, 7) is 3.06. The Hall–Kier alpha value is -3.80. The van der Waals surface area contributed by atoms with Crippen LogP contribution in [0.1, 0.15) is 24.5 Å². The molecular formula is C29H28N2O4S. The average Bonchev–Trinajstić information content (AvgIpc) is 3.23. The van der Waals surface area contributed by atoms with Crippen molar-refractivity contribution in [2.45, 2.75) is 31.7 Å². The van der Waals surface area contributed by atoms with E-state index in [0.29, 0.717) is 37.6 Å².